The first kappa shape index (κ1) is 10.9. The van der Waals surface area contributed by atoms with E-state index >= 15 is 0 Å². The van der Waals surface area contributed by atoms with Crippen LogP contribution in [0.15, 0.2) is 34.9 Å². The summed E-state index contributed by atoms with van der Waals surface area (Å²) in [6.45, 7) is 0. The van der Waals surface area contributed by atoms with Gasteiger partial charge < -0.3 is 4.74 Å². The van der Waals surface area contributed by atoms with E-state index in [1.165, 1.54) is 7.11 Å². The summed E-state index contributed by atoms with van der Waals surface area (Å²) in [5.41, 5.74) is 0.739. The SMILES string of the molecule is COC(=O)C(=O)C1C=CC=CC1=CBr. The number of ketones is 1. The van der Waals surface area contributed by atoms with Crippen LogP contribution in [0.4, 0.5) is 0 Å². The molecule has 0 heterocycles. The maximum absolute atomic E-state index is 11.5. The molecule has 0 saturated heterocycles. The zero-order chi connectivity index (χ0) is 10.6. The Kier molecular flexibility index (Phi) is 3.83. The van der Waals surface area contributed by atoms with E-state index in [1.807, 2.05) is 0 Å². The van der Waals surface area contributed by atoms with Gasteiger partial charge in [0.2, 0.25) is 0 Å². The van der Waals surface area contributed by atoms with Crippen LogP contribution in [0.1, 0.15) is 0 Å². The minimum Gasteiger partial charge on any atom is -0.463 e. The molecule has 0 aromatic heterocycles. The predicted octanol–water partition coefficient (Wildman–Crippen LogP) is 1.75. The molecule has 14 heavy (non-hydrogen) atoms. The van der Waals surface area contributed by atoms with E-state index in [0.717, 1.165) is 5.57 Å². The molecule has 1 unspecified atom stereocenters. The second-order valence-electron chi connectivity index (χ2n) is 2.69. The molecule has 0 fully saturated rings. The molecule has 1 aliphatic carbocycles. The molecule has 1 aliphatic rings. The zero-order valence-corrected chi connectivity index (χ0v) is 9.15. The van der Waals surface area contributed by atoms with E-state index in [9.17, 15) is 9.59 Å². The Balaban J connectivity index is 2.87. The fourth-order valence-electron chi connectivity index (χ4n) is 1.13. The summed E-state index contributed by atoms with van der Waals surface area (Å²) in [4.78, 5) is 24.1. The molecule has 0 N–H and O–H groups in total. The van der Waals surface area contributed by atoms with Gasteiger partial charge in [-0.15, -0.1) is 0 Å². The lowest BCUT2D eigenvalue weighted by Crippen LogP contribution is -2.25. The van der Waals surface area contributed by atoms with Gasteiger partial charge in [0.1, 0.15) is 0 Å². The highest BCUT2D eigenvalue weighted by Gasteiger charge is 2.26. The van der Waals surface area contributed by atoms with Crippen LogP contribution in [-0.2, 0) is 14.3 Å². The number of halogens is 1. The van der Waals surface area contributed by atoms with Gasteiger partial charge in [-0.2, -0.15) is 0 Å². The van der Waals surface area contributed by atoms with E-state index in [2.05, 4.69) is 20.7 Å². The number of Topliss-reactive ketones (excluding diaryl/α,β-unsaturated/α-hetero) is 1. The number of carbonyl (C=O) groups excluding carboxylic acids is 2. The molecule has 4 heteroatoms. The number of carbonyl (C=O) groups is 2. The second-order valence-corrected chi connectivity index (χ2v) is 3.14. The molecule has 0 bridgehead atoms. The largest absolute Gasteiger partial charge is 0.463 e. The van der Waals surface area contributed by atoms with Crippen molar-refractivity contribution in [3.8, 4) is 0 Å². The minimum atomic E-state index is -0.818. The summed E-state index contributed by atoms with van der Waals surface area (Å²) < 4.78 is 4.37. The van der Waals surface area contributed by atoms with Crippen molar-refractivity contribution in [2.24, 2.45) is 5.92 Å². The van der Waals surface area contributed by atoms with Gasteiger partial charge >= 0.3 is 5.97 Å². The van der Waals surface area contributed by atoms with Crippen LogP contribution in [0.25, 0.3) is 0 Å². The van der Waals surface area contributed by atoms with Crippen LogP contribution in [0.2, 0.25) is 0 Å². The Morgan fingerprint density at radius 2 is 2.21 bits per heavy atom. The fourth-order valence-corrected chi connectivity index (χ4v) is 1.56. The number of rotatable bonds is 2. The van der Waals surface area contributed by atoms with E-state index in [0.29, 0.717) is 0 Å². The van der Waals surface area contributed by atoms with Gasteiger partial charge in [0.05, 0.1) is 13.0 Å². The lowest BCUT2D eigenvalue weighted by Gasteiger charge is -2.13. The molecule has 0 spiro atoms. The molecule has 1 rings (SSSR count). The molecule has 0 aromatic carbocycles. The zero-order valence-electron chi connectivity index (χ0n) is 7.57. The Bertz CT molecular complexity index is 339. The Morgan fingerprint density at radius 3 is 2.79 bits per heavy atom. The van der Waals surface area contributed by atoms with Crippen molar-refractivity contribution in [3.63, 3.8) is 0 Å². The van der Waals surface area contributed by atoms with Gasteiger partial charge in [0.15, 0.2) is 0 Å². The monoisotopic (exact) mass is 256 g/mol. The van der Waals surface area contributed by atoms with Crippen molar-refractivity contribution < 1.29 is 14.3 Å². The third kappa shape index (κ3) is 2.20. The second kappa shape index (κ2) is 4.91. The van der Waals surface area contributed by atoms with Gasteiger partial charge in [0.25, 0.3) is 5.78 Å². The molecule has 0 aliphatic heterocycles. The molecule has 0 radical (unpaired) electrons. The normalized spacial score (nSPS) is 22.4. The maximum Gasteiger partial charge on any atom is 0.375 e. The average Bonchev–Trinajstić information content (AvgIpc) is 2.26. The Morgan fingerprint density at radius 1 is 1.50 bits per heavy atom. The first-order valence-electron chi connectivity index (χ1n) is 3.98. The van der Waals surface area contributed by atoms with E-state index in [-0.39, 0.29) is 0 Å². The molecule has 0 saturated carbocycles. The van der Waals surface area contributed by atoms with Crippen LogP contribution in [0.3, 0.4) is 0 Å². The summed E-state index contributed by atoms with van der Waals surface area (Å²) in [5, 5.41) is 0. The summed E-state index contributed by atoms with van der Waals surface area (Å²) >= 11 is 3.14. The molecule has 0 amide bonds. The lowest BCUT2D eigenvalue weighted by molar-refractivity contribution is -0.152. The quantitative estimate of drug-likeness (QED) is 0.559. The van der Waals surface area contributed by atoms with E-state index < -0.39 is 17.7 Å². The number of hydrogen-bond acceptors (Lipinski definition) is 3. The topological polar surface area (TPSA) is 43.4 Å². The third-order valence-electron chi connectivity index (χ3n) is 1.86. The van der Waals surface area contributed by atoms with Crippen LogP contribution >= 0.6 is 15.9 Å². The lowest BCUT2D eigenvalue weighted by atomic mass is 9.92. The standard InChI is InChI=1S/C10H9BrO3/c1-14-10(13)9(12)8-5-3-2-4-7(8)6-11/h2-6,8H,1H3. The molecule has 1 atom stereocenters. The van der Waals surface area contributed by atoms with Crippen molar-refractivity contribution >= 4 is 27.7 Å². The molecular formula is C10H9BrO3. The summed E-state index contributed by atoms with van der Waals surface area (Å²) in [7, 11) is 1.19. The Labute approximate surface area is 90.3 Å². The molecule has 3 nitrogen and oxygen atoms in total. The smallest absolute Gasteiger partial charge is 0.375 e. The van der Waals surface area contributed by atoms with Crippen molar-refractivity contribution in [1.29, 1.82) is 0 Å². The van der Waals surface area contributed by atoms with Crippen molar-refractivity contribution in [2.75, 3.05) is 7.11 Å². The first-order valence-corrected chi connectivity index (χ1v) is 4.89. The van der Waals surface area contributed by atoms with E-state index in [4.69, 9.17) is 0 Å². The van der Waals surface area contributed by atoms with Crippen LogP contribution in [-0.4, -0.2) is 18.9 Å². The number of hydrogen-bond donors (Lipinski definition) is 0. The van der Waals surface area contributed by atoms with Gasteiger partial charge in [-0.3, -0.25) is 4.79 Å². The first-order chi connectivity index (χ1) is 6.70. The summed E-state index contributed by atoms with van der Waals surface area (Å²) in [6.07, 6.45) is 6.95. The van der Waals surface area contributed by atoms with Gasteiger partial charge in [-0.25, -0.2) is 4.79 Å². The van der Waals surface area contributed by atoms with Gasteiger partial charge in [-0.1, -0.05) is 40.2 Å². The van der Waals surface area contributed by atoms with Crippen LogP contribution in [0.5, 0.6) is 0 Å². The van der Waals surface area contributed by atoms with Crippen LogP contribution < -0.4 is 0 Å². The Hall–Kier alpha value is -1.16. The molecule has 0 aromatic rings. The summed E-state index contributed by atoms with van der Waals surface area (Å²) in [5.74, 6) is -1.91. The molecular weight excluding hydrogens is 248 g/mol. The fraction of sp³-hybridized carbons (Fsp3) is 0.200. The number of methoxy groups -OCH3 is 1. The molecule has 74 valence electrons. The highest BCUT2D eigenvalue weighted by atomic mass is 79.9. The highest BCUT2D eigenvalue weighted by Crippen LogP contribution is 2.21. The number of allylic oxidation sites excluding steroid dienone is 5. The maximum atomic E-state index is 11.5. The van der Waals surface area contributed by atoms with Gasteiger partial charge in [0, 0.05) is 0 Å². The van der Waals surface area contributed by atoms with Crippen molar-refractivity contribution in [3.05, 3.63) is 34.9 Å². The number of ether oxygens (including phenoxy) is 1. The van der Waals surface area contributed by atoms with Gasteiger partial charge in [-0.05, 0) is 10.6 Å². The predicted molar refractivity (Wildman–Crippen MR) is 55.8 cm³/mol. The summed E-state index contributed by atoms with van der Waals surface area (Å²) in [6, 6.07) is 0. The third-order valence-corrected chi connectivity index (χ3v) is 2.39. The minimum absolute atomic E-state index is 0.535. The number of esters is 1. The average molecular weight is 257 g/mol. The highest BCUT2D eigenvalue weighted by molar-refractivity contribution is 9.11. The van der Waals surface area contributed by atoms with Crippen molar-refractivity contribution in [1.82, 2.24) is 0 Å². The van der Waals surface area contributed by atoms with Crippen LogP contribution in [0, 0.1) is 5.92 Å². The van der Waals surface area contributed by atoms with E-state index in [1.54, 1.807) is 29.3 Å². The van der Waals surface area contributed by atoms with Crippen molar-refractivity contribution in [2.45, 2.75) is 0 Å².